The molecule has 0 saturated heterocycles. The van der Waals surface area contributed by atoms with Gasteiger partial charge in [0, 0.05) is 47.5 Å². The molecule has 0 aliphatic carbocycles. The molecule has 0 aliphatic heterocycles. The van der Waals surface area contributed by atoms with Crippen molar-refractivity contribution in [1.29, 1.82) is 0 Å². The average Bonchev–Trinajstić information content (AvgIpc) is 3.76. The zero-order chi connectivity index (χ0) is 33.9. The van der Waals surface area contributed by atoms with Gasteiger partial charge in [0.15, 0.2) is 0 Å². The third-order valence-electron chi connectivity index (χ3n) is 10.2. The summed E-state index contributed by atoms with van der Waals surface area (Å²) in [6.07, 6.45) is 0. The van der Waals surface area contributed by atoms with Crippen LogP contribution in [0.4, 0.5) is 5.69 Å². The van der Waals surface area contributed by atoms with Gasteiger partial charge in [0.2, 0.25) is 0 Å². The minimum Gasteiger partial charge on any atom is -0.320 e. The molecule has 0 atom stereocenters. The lowest BCUT2D eigenvalue weighted by Gasteiger charge is -2.13. The topological polar surface area (TPSA) is 29.6 Å². The van der Waals surface area contributed by atoms with E-state index >= 15 is 0 Å². The van der Waals surface area contributed by atoms with Gasteiger partial charge < -0.3 is 4.57 Å². The van der Waals surface area contributed by atoms with Crippen LogP contribution in [0.15, 0.2) is 174 Å². The summed E-state index contributed by atoms with van der Waals surface area (Å²) in [5.41, 5.74) is 8.45. The maximum atomic E-state index is 5.48. The van der Waals surface area contributed by atoms with Crippen molar-refractivity contribution in [2.45, 2.75) is 6.67 Å². The summed E-state index contributed by atoms with van der Waals surface area (Å²) in [6, 6.07) is 58.4. The van der Waals surface area contributed by atoms with Gasteiger partial charge >= 0.3 is 0 Å². The molecule has 0 aliphatic rings. The standard InChI is InChI=1S/C47H31N3S/c1-48-39-21-11-9-19-37(39)45(33-25-23-31(24-26-33)30-13-3-2-4-14-30)49-29-50-40-22-12-10-20-38(40)44-46(50)36-18-8-7-17-35(36)43-42-34-16-6-5-15-32(34)27-28-41(42)51-47(43)44/h2-28H,1,29H2/b49-45-. The van der Waals surface area contributed by atoms with Crippen LogP contribution in [0, 0.1) is 0 Å². The molecule has 0 N–H and O–H groups in total. The molecule has 0 spiro atoms. The molecule has 0 unspecified atom stereocenters. The molecule has 0 amide bonds. The SMILES string of the molecule is C=Nc1ccccc1/C(=N\Cn1c2ccccc2c2c3sc4ccc5ccccc5c4c3c3ccccc3c21)c1ccc(-c2ccccc2)cc1. The monoisotopic (exact) mass is 669 g/mol. The molecule has 8 aromatic carbocycles. The average molecular weight is 670 g/mol. The highest BCUT2D eigenvalue weighted by Gasteiger charge is 2.22. The van der Waals surface area contributed by atoms with Crippen molar-refractivity contribution in [3.8, 4) is 11.1 Å². The largest absolute Gasteiger partial charge is 0.320 e. The van der Waals surface area contributed by atoms with Gasteiger partial charge in [-0.2, -0.15) is 0 Å². The molecule has 10 aromatic rings. The van der Waals surface area contributed by atoms with E-state index in [1.807, 2.05) is 35.6 Å². The van der Waals surface area contributed by atoms with Crippen LogP contribution in [0.25, 0.3) is 74.6 Å². The minimum absolute atomic E-state index is 0.439. The highest BCUT2D eigenvalue weighted by Crippen LogP contribution is 2.48. The molecule has 2 aromatic heterocycles. The Kier molecular flexibility index (Phi) is 6.90. The summed E-state index contributed by atoms with van der Waals surface area (Å²) >= 11 is 1.90. The van der Waals surface area contributed by atoms with E-state index in [9.17, 15) is 0 Å². The second kappa shape index (κ2) is 11.9. The first-order chi connectivity index (χ1) is 25.3. The first kappa shape index (κ1) is 29.5. The van der Waals surface area contributed by atoms with E-state index in [0.717, 1.165) is 22.5 Å². The van der Waals surface area contributed by atoms with Gasteiger partial charge in [0.05, 0.1) is 22.4 Å². The second-order valence-corrected chi connectivity index (χ2v) is 14.0. The lowest BCUT2D eigenvalue weighted by atomic mass is 9.97. The summed E-state index contributed by atoms with van der Waals surface area (Å²) < 4.78 is 5.05. The lowest BCUT2D eigenvalue weighted by Crippen LogP contribution is -2.07. The first-order valence-electron chi connectivity index (χ1n) is 17.2. The fourth-order valence-corrected chi connectivity index (χ4v) is 9.20. The quantitative estimate of drug-likeness (QED) is 0.158. The highest BCUT2D eigenvalue weighted by molar-refractivity contribution is 7.27. The van der Waals surface area contributed by atoms with E-state index in [2.05, 4.69) is 156 Å². The van der Waals surface area contributed by atoms with Gasteiger partial charge in [-0.05, 0) is 52.2 Å². The van der Waals surface area contributed by atoms with Crippen LogP contribution >= 0.6 is 11.3 Å². The molecule has 0 fully saturated rings. The van der Waals surface area contributed by atoms with Crippen LogP contribution in [-0.4, -0.2) is 17.0 Å². The normalized spacial score (nSPS) is 12.2. The summed E-state index contributed by atoms with van der Waals surface area (Å²) in [5, 5.41) is 10.3. The Morgan fingerprint density at radius 1 is 0.549 bits per heavy atom. The van der Waals surface area contributed by atoms with Crippen LogP contribution in [0.3, 0.4) is 0 Å². The van der Waals surface area contributed by atoms with Gasteiger partial charge in [0.25, 0.3) is 0 Å². The van der Waals surface area contributed by atoms with Crippen LogP contribution in [0.1, 0.15) is 11.1 Å². The number of thiophene rings is 1. The number of nitrogens with zero attached hydrogens (tertiary/aromatic N) is 3. The fourth-order valence-electron chi connectivity index (χ4n) is 7.91. The third kappa shape index (κ3) is 4.64. The Morgan fingerprint density at radius 2 is 1.22 bits per heavy atom. The van der Waals surface area contributed by atoms with Crippen molar-refractivity contribution in [3.05, 3.63) is 175 Å². The molecule has 3 nitrogen and oxygen atoms in total. The van der Waals surface area contributed by atoms with Crippen LogP contribution in [0.5, 0.6) is 0 Å². The summed E-state index contributed by atoms with van der Waals surface area (Å²) in [5.74, 6) is 0. The van der Waals surface area contributed by atoms with Crippen LogP contribution < -0.4 is 0 Å². The Bertz CT molecular complexity index is 3000. The van der Waals surface area contributed by atoms with E-state index in [1.54, 1.807) is 0 Å². The van der Waals surface area contributed by atoms with Crippen LogP contribution in [0.2, 0.25) is 0 Å². The number of fused-ring (bicyclic) bond motifs is 12. The van der Waals surface area contributed by atoms with Gasteiger partial charge in [-0.1, -0.05) is 146 Å². The van der Waals surface area contributed by atoms with Crippen molar-refractivity contribution in [1.82, 2.24) is 4.57 Å². The molecule has 10 rings (SSSR count). The molecular weight excluding hydrogens is 639 g/mol. The van der Waals surface area contributed by atoms with E-state index in [4.69, 9.17) is 4.99 Å². The number of hydrogen-bond acceptors (Lipinski definition) is 3. The molecule has 0 bridgehead atoms. The Labute approximate surface area is 299 Å². The summed E-state index contributed by atoms with van der Waals surface area (Å²) in [7, 11) is 0. The van der Waals surface area contributed by atoms with Crippen molar-refractivity contribution < 1.29 is 0 Å². The van der Waals surface area contributed by atoms with E-state index in [-0.39, 0.29) is 0 Å². The van der Waals surface area contributed by atoms with E-state index in [1.165, 1.54) is 74.6 Å². The first-order valence-corrected chi connectivity index (χ1v) is 18.0. The van der Waals surface area contributed by atoms with Crippen molar-refractivity contribution in [2.24, 2.45) is 9.98 Å². The smallest absolute Gasteiger partial charge is 0.115 e. The maximum absolute atomic E-state index is 5.48. The minimum atomic E-state index is 0.439. The Hall–Kier alpha value is -6.36. The molecular formula is C47H31N3S. The summed E-state index contributed by atoms with van der Waals surface area (Å²) in [4.78, 5) is 9.89. The van der Waals surface area contributed by atoms with Gasteiger partial charge in [-0.25, -0.2) is 0 Å². The van der Waals surface area contributed by atoms with Gasteiger partial charge in [-0.3, -0.25) is 9.98 Å². The Balaban J connectivity index is 1.25. The van der Waals surface area contributed by atoms with E-state index in [0.29, 0.717) is 6.67 Å². The van der Waals surface area contributed by atoms with Crippen LogP contribution in [-0.2, 0) is 6.67 Å². The number of rotatable bonds is 6. The zero-order valence-corrected chi connectivity index (χ0v) is 28.6. The molecule has 2 heterocycles. The van der Waals surface area contributed by atoms with Crippen molar-refractivity contribution in [2.75, 3.05) is 0 Å². The third-order valence-corrected chi connectivity index (χ3v) is 11.4. The summed E-state index contributed by atoms with van der Waals surface area (Å²) in [6.45, 7) is 4.34. The predicted octanol–water partition coefficient (Wildman–Crippen LogP) is 13.0. The van der Waals surface area contributed by atoms with E-state index < -0.39 is 0 Å². The highest BCUT2D eigenvalue weighted by atomic mass is 32.1. The number of hydrogen-bond donors (Lipinski definition) is 0. The number of aliphatic imine (C=N–C) groups is 2. The van der Waals surface area contributed by atoms with Gasteiger partial charge in [-0.15, -0.1) is 11.3 Å². The van der Waals surface area contributed by atoms with Gasteiger partial charge in [0.1, 0.15) is 6.67 Å². The second-order valence-electron chi connectivity index (χ2n) is 12.9. The molecule has 240 valence electrons. The molecule has 4 heteroatoms. The number of benzene rings is 8. The van der Waals surface area contributed by atoms with Crippen molar-refractivity contribution >= 4 is 93.0 Å². The fraction of sp³-hybridized carbons (Fsp3) is 0.0213. The maximum Gasteiger partial charge on any atom is 0.115 e. The molecule has 0 radical (unpaired) electrons. The van der Waals surface area contributed by atoms with Crippen molar-refractivity contribution in [3.63, 3.8) is 0 Å². The molecule has 0 saturated carbocycles. The Morgan fingerprint density at radius 3 is 2.04 bits per heavy atom. The molecule has 51 heavy (non-hydrogen) atoms. The zero-order valence-electron chi connectivity index (χ0n) is 27.8. The number of para-hydroxylation sites is 2. The number of aromatic nitrogens is 1. The lowest BCUT2D eigenvalue weighted by molar-refractivity contribution is 0.795. The predicted molar refractivity (Wildman–Crippen MR) is 221 cm³/mol.